The van der Waals surface area contributed by atoms with E-state index in [-0.39, 0.29) is 0 Å². The van der Waals surface area contributed by atoms with E-state index >= 15 is 0 Å². The molecule has 0 aliphatic carbocycles. The van der Waals surface area contributed by atoms with Gasteiger partial charge in [0.1, 0.15) is 12.7 Å². The van der Waals surface area contributed by atoms with Crippen molar-refractivity contribution in [3.8, 4) is 0 Å². The normalized spacial score (nSPS) is 29.6. The van der Waals surface area contributed by atoms with E-state index in [1.54, 1.807) is 0 Å². The number of hydrogen-bond donors (Lipinski definition) is 1. The van der Waals surface area contributed by atoms with Gasteiger partial charge >= 0.3 is 17.9 Å². The van der Waals surface area contributed by atoms with Crippen molar-refractivity contribution in [3.63, 3.8) is 0 Å². The van der Waals surface area contributed by atoms with Crippen molar-refractivity contribution in [1.29, 1.82) is 0 Å². The number of carbonyl (C=O) groups is 3. The van der Waals surface area contributed by atoms with Gasteiger partial charge in [-0.3, -0.25) is 18.6 Å². The second-order valence-corrected chi connectivity index (χ2v) is 6.88. The zero-order valence-electron chi connectivity index (χ0n) is 14.0. The molecule has 1 N–H and O–H groups in total. The lowest BCUT2D eigenvalue weighted by Gasteiger charge is -2.42. The Hall–Kier alpha value is -1.76. The van der Waals surface area contributed by atoms with E-state index in [1.807, 2.05) is 0 Å². The quantitative estimate of drug-likeness (QED) is 0.323. The monoisotopic (exact) mass is 384 g/mol. The Labute approximate surface area is 144 Å². The summed E-state index contributed by atoms with van der Waals surface area (Å²) in [4.78, 5) is 33.7. The number of aliphatic hydroxyl groups excluding tert-OH is 1. The fourth-order valence-corrected chi connectivity index (χ4v) is 2.80. The minimum atomic E-state index is -4.08. The predicted octanol–water partition coefficient (Wildman–Crippen LogP) is -1.53. The van der Waals surface area contributed by atoms with Crippen molar-refractivity contribution in [2.24, 2.45) is 0 Å². The minimum Gasteiger partial charge on any atom is -0.463 e. The average molecular weight is 384 g/mol. The van der Waals surface area contributed by atoms with E-state index in [1.165, 1.54) is 0 Å². The van der Waals surface area contributed by atoms with Gasteiger partial charge < -0.3 is 24.1 Å². The van der Waals surface area contributed by atoms with Gasteiger partial charge in [-0.2, -0.15) is 8.42 Å². The lowest BCUT2D eigenvalue weighted by molar-refractivity contribution is -0.287. The predicted molar refractivity (Wildman–Crippen MR) is 78.3 cm³/mol. The molecular formula is C13H20O11S. The molecule has 144 valence electrons. The molecule has 11 nitrogen and oxygen atoms in total. The molecule has 0 unspecified atom stereocenters. The number of rotatable bonds is 6. The molecule has 25 heavy (non-hydrogen) atoms. The summed E-state index contributed by atoms with van der Waals surface area (Å²) in [6.07, 6.45) is -6.93. The van der Waals surface area contributed by atoms with Crippen LogP contribution in [0.2, 0.25) is 0 Å². The number of ether oxygens (including phenoxy) is 4. The molecule has 1 aliphatic rings. The maximum Gasteiger partial charge on any atom is 0.303 e. The van der Waals surface area contributed by atoms with E-state index in [4.69, 9.17) is 23.1 Å². The highest BCUT2D eigenvalue weighted by Gasteiger charge is 2.51. The first-order valence-corrected chi connectivity index (χ1v) is 8.92. The molecule has 0 bridgehead atoms. The third kappa shape index (κ3) is 6.94. The Bertz CT molecular complexity index is 613. The summed E-state index contributed by atoms with van der Waals surface area (Å²) >= 11 is 0. The smallest absolute Gasteiger partial charge is 0.303 e. The van der Waals surface area contributed by atoms with Crippen LogP contribution in [0, 0.1) is 0 Å². The molecule has 1 rings (SSSR count). The fourth-order valence-electron chi connectivity index (χ4n) is 2.19. The van der Waals surface area contributed by atoms with Crippen LogP contribution in [-0.4, -0.2) is 75.0 Å². The number of aliphatic hydroxyl groups is 1. The average Bonchev–Trinajstić information content (AvgIpc) is 2.41. The first-order valence-electron chi connectivity index (χ1n) is 7.10. The van der Waals surface area contributed by atoms with Crippen molar-refractivity contribution in [2.45, 2.75) is 51.5 Å². The third-order valence-electron chi connectivity index (χ3n) is 2.95. The van der Waals surface area contributed by atoms with Gasteiger partial charge in [0, 0.05) is 20.8 Å². The summed E-state index contributed by atoms with van der Waals surface area (Å²) in [7, 11) is -4.08. The highest BCUT2D eigenvalue weighted by atomic mass is 32.2. The van der Waals surface area contributed by atoms with E-state index < -0.39 is 65.3 Å². The highest BCUT2D eigenvalue weighted by molar-refractivity contribution is 7.86. The maximum absolute atomic E-state index is 11.4. The SMILES string of the molecule is CC(=O)OC[C@H]1O[C@@H](O)[C@@H](OS(C)(=O)=O)[C@@H](OC(C)=O)[C@@H]1OC(C)=O. The van der Waals surface area contributed by atoms with E-state index in [0.717, 1.165) is 27.0 Å². The van der Waals surface area contributed by atoms with Gasteiger partial charge in [-0.05, 0) is 0 Å². The molecule has 1 heterocycles. The lowest BCUT2D eigenvalue weighted by atomic mass is 9.98. The molecule has 1 aliphatic heterocycles. The van der Waals surface area contributed by atoms with Crippen LogP contribution in [0.1, 0.15) is 20.8 Å². The first kappa shape index (κ1) is 21.3. The second-order valence-electron chi connectivity index (χ2n) is 5.28. The van der Waals surface area contributed by atoms with Gasteiger partial charge in [-0.25, -0.2) is 0 Å². The summed E-state index contributed by atoms with van der Waals surface area (Å²) in [6, 6.07) is 0. The largest absolute Gasteiger partial charge is 0.463 e. The van der Waals surface area contributed by atoms with Crippen molar-refractivity contribution >= 4 is 28.0 Å². The Morgan fingerprint density at radius 3 is 1.92 bits per heavy atom. The summed E-state index contributed by atoms with van der Waals surface area (Å²) in [5.41, 5.74) is 0. The zero-order valence-corrected chi connectivity index (χ0v) is 14.8. The fraction of sp³-hybridized carbons (Fsp3) is 0.769. The van der Waals surface area contributed by atoms with Crippen LogP contribution in [-0.2, 0) is 47.6 Å². The highest BCUT2D eigenvalue weighted by Crippen LogP contribution is 2.28. The van der Waals surface area contributed by atoms with Gasteiger partial charge in [0.05, 0.1) is 6.26 Å². The molecular weight excluding hydrogens is 364 g/mol. The van der Waals surface area contributed by atoms with Crippen LogP contribution < -0.4 is 0 Å². The Morgan fingerprint density at radius 1 is 0.960 bits per heavy atom. The first-order chi connectivity index (χ1) is 11.4. The van der Waals surface area contributed by atoms with Gasteiger partial charge in [0.2, 0.25) is 0 Å². The van der Waals surface area contributed by atoms with Gasteiger partial charge in [0.25, 0.3) is 10.1 Å². The molecule has 12 heteroatoms. The summed E-state index contributed by atoms with van der Waals surface area (Å²) in [6.45, 7) is 2.78. The molecule has 5 atom stereocenters. The Kier molecular flexibility index (Phi) is 7.29. The Morgan fingerprint density at radius 2 is 1.48 bits per heavy atom. The van der Waals surface area contributed by atoms with Crippen molar-refractivity contribution in [2.75, 3.05) is 12.9 Å². The molecule has 1 saturated heterocycles. The van der Waals surface area contributed by atoms with Crippen molar-refractivity contribution < 1.29 is 51.0 Å². The van der Waals surface area contributed by atoms with Crippen molar-refractivity contribution in [3.05, 3.63) is 0 Å². The van der Waals surface area contributed by atoms with E-state index in [0.29, 0.717) is 0 Å². The molecule has 0 aromatic carbocycles. The van der Waals surface area contributed by atoms with Crippen LogP contribution in [0.3, 0.4) is 0 Å². The van der Waals surface area contributed by atoms with Gasteiger partial charge in [-0.1, -0.05) is 0 Å². The molecule has 0 amide bonds. The van der Waals surface area contributed by atoms with Crippen LogP contribution in [0.25, 0.3) is 0 Å². The standard InChI is InChI=1S/C13H20O11S/c1-6(14)20-5-9-10(21-7(2)15)11(22-8(3)16)12(13(17)23-9)24-25(4,18)19/h9-13,17H,5H2,1-4H3/t9-,10-,11+,12+,13-/m1/s1. The topological polar surface area (TPSA) is 152 Å². The molecule has 0 radical (unpaired) electrons. The Balaban J connectivity index is 3.18. The second kappa shape index (κ2) is 8.56. The summed E-state index contributed by atoms with van der Waals surface area (Å²) in [5, 5.41) is 10.0. The maximum atomic E-state index is 11.4. The minimum absolute atomic E-state index is 0.437. The number of carbonyl (C=O) groups excluding carboxylic acids is 3. The molecule has 0 aromatic rings. The number of hydrogen-bond acceptors (Lipinski definition) is 11. The van der Waals surface area contributed by atoms with E-state index in [9.17, 15) is 27.9 Å². The zero-order chi connectivity index (χ0) is 19.4. The molecule has 1 fully saturated rings. The van der Waals surface area contributed by atoms with Crippen LogP contribution >= 0.6 is 0 Å². The van der Waals surface area contributed by atoms with Crippen LogP contribution in [0.5, 0.6) is 0 Å². The summed E-state index contributed by atoms with van der Waals surface area (Å²) < 4.78 is 47.4. The van der Waals surface area contributed by atoms with Crippen LogP contribution in [0.4, 0.5) is 0 Å². The molecule has 0 saturated carbocycles. The third-order valence-corrected chi connectivity index (χ3v) is 3.52. The van der Waals surface area contributed by atoms with E-state index in [2.05, 4.69) is 0 Å². The van der Waals surface area contributed by atoms with Crippen molar-refractivity contribution in [1.82, 2.24) is 0 Å². The van der Waals surface area contributed by atoms with Gasteiger partial charge in [0.15, 0.2) is 24.6 Å². The number of esters is 3. The summed E-state index contributed by atoms with van der Waals surface area (Å²) in [5.74, 6) is -2.31. The lowest BCUT2D eigenvalue weighted by Crippen LogP contribution is -2.62. The van der Waals surface area contributed by atoms with Crippen LogP contribution in [0.15, 0.2) is 0 Å². The van der Waals surface area contributed by atoms with Gasteiger partial charge in [-0.15, -0.1) is 0 Å². The molecule has 0 spiro atoms. The molecule has 0 aromatic heterocycles.